The fourth-order valence-corrected chi connectivity index (χ4v) is 5.86. The highest BCUT2D eigenvalue weighted by Gasteiger charge is 2.32. The zero-order valence-electron chi connectivity index (χ0n) is 30.9. The monoisotopic (exact) mass is 722 g/mol. The molecule has 0 aromatic heterocycles. The van der Waals surface area contributed by atoms with Crippen LogP contribution in [0.15, 0.2) is 97.1 Å². The number of rotatable bonds is 12. The summed E-state index contributed by atoms with van der Waals surface area (Å²) in [7, 11) is 0. The van der Waals surface area contributed by atoms with Crippen molar-refractivity contribution in [2.45, 2.75) is 78.1 Å². The molecular formula is C46H46N2O6. The number of nitrogens with one attached hydrogen (secondary N) is 2. The van der Waals surface area contributed by atoms with Gasteiger partial charge in [0.05, 0.1) is 11.8 Å². The van der Waals surface area contributed by atoms with Gasteiger partial charge in [0.1, 0.15) is 11.5 Å². The summed E-state index contributed by atoms with van der Waals surface area (Å²) >= 11 is 0. The van der Waals surface area contributed by atoms with E-state index in [1.165, 1.54) is 0 Å². The maximum atomic E-state index is 12.9. The topological polar surface area (TPSA) is 111 Å². The summed E-state index contributed by atoms with van der Waals surface area (Å²) in [6.45, 7) is 4.11. The lowest BCUT2D eigenvalue weighted by Gasteiger charge is -2.25. The van der Waals surface area contributed by atoms with E-state index in [1.807, 2.05) is 48.5 Å². The number of hydrogen-bond donors (Lipinski definition) is 2. The van der Waals surface area contributed by atoms with Crippen LogP contribution in [0.5, 0.6) is 11.5 Å². The SMILES string of the molecule is CCCCC(=O)Nc1ccc(C#Cc2ccc(OC(=O)[C@H]3CC[C@H](C(=O)Oc4ccc(C#Cc5ccc(NC(=O)CCCC)cc5)cc4)CC3)cc2)cc1. The van der Waals surface area contributed by atoms with Crippen molar-refractivity contribution in [3.63, 3.8) is 0 Å². The van der Waals surface area contributed by atoms with Gasteiger partial charge in [0.15, 0.2) is 0 Å². The number of esters is 2. The third kappa shape index (κ3) is 12.5. The molecule has 4 aromatic rings. The minimum Gasteiger partial charge on any atom is -0.426 e. The van der Waals surface area contributed by atoms with Crippen molar-refractivity contribution in [3.8, 4) is 35.2 Å². The van der Waals surface area contributed by atoms with E-state index < -0.39 is 0 Å². The van der Waals surface area contributed by atoms with Crippen LogP contribution in [0.4, 0.5) is 11.4 Å². The number of carbonyl (C=O) groups excluding carboxylic acids is 4. The van der Waals surface area contributed by atoms with Crippen LogP contribution in [0.2, 0.25) is 0 Å². The smallest absolute Gasteiger partial charge is 0.314 e. The lowest BCUT2D eigenvalue weighted by atomic mass is 9.82. The van der Waals surface area contributed by atoms with Crippen LogP contribution in [0.3, 0.4) is 0 Å². The maximum Gasteiger partial charge on any atom is 0.314 e. The van der Waals surface area contributed by atoms with Gasteiger partial charge in [-0.15, -0.1) is 0 Å². The maximum absolute atomic E-state index is 12.9. The minimum atomic E-state index is -0.302. The molecule has 0 unspecified atom stereocenters. The zero-order chi connectivity index (χ0) is 38.1. The number of amides is 2. The van der Waals surface area contributed by atoms with Gasteiger partial charge in [0, 0.05) is 46.5 Å². The van der Waals surface area contributed by atoms with Crippen LogP contribution >= 0.6 is 0 Å². The van der Waals surface area contributed by atoms with Gasteiger partial charge >= 0.3 is 11.9 Å². The third-order valence-electron chi connectivity index (χ3n) is 9.09. The van der Waals surface area contributed by atoms with E-state index in [0.29, 0.717) is 50.0 Å². The molecule has 54 heavy (non-hydrogen) atoms. The number of hydrogen-bond acceptors (Lipinski definition) is 6. The number of ether oxygens (including phenoxy) is 2. The molecule has 0 bridgehead atoms. The van der Waals surface area contributed by atoms with Gasteiger partial charge in [0.2, 0.25) is 11.8 Å². The van der Waals surface area contributed by atoms with Crippen LogP contribution in [0.1, 0.15) is 100 Å². The van der Waals surface area contributed by atoms with E-state index in [4.69, 9.17) is 9.47 Å². The molecule has 0 aliphatic heterocycles. The summed E-state index contributed by atoms with van der Waals surface area (Å²) in [5.41, 5.74) is 4.69. The number of unbranched alkanes of at least 4 members (excludes halogenated alkanes) is 2. The molecule has 8 heteroatoms. The molecule has 0 saturated heterocycles. The average Bonchev–Trinajstić information content (AvgIpc) is 3.20. The molecule has 1 fully saturated rings. The van der Waals surface area contributed by atoms with Crippen LogP contribution in [0.25, 0.3) is 0 Å². The van der Waals surface area contributed by atoms with Crippen molar-refractivity contribution in [2.75, 3.05) is 10.6 Å². The van der Waals surface area contributed by atoms with Crippen LogP contribution in [-0.4, -0.2) is 23.8 Å². The fourth-order valence-electron chi connectivity index (χ4n) is 5.86. The van der Waals surface area contributed by atoms with Gasteiger partial charge in [-0.3, -0.25) is 19.2 Å². The summed E-state index contributed by atoms with van der Waals surface area (Å²) in [5.74, 6) is 12.2. The molecule has 1 aliphatic rings. The Kier molecular flexibility index (Phi) is 14.6. The van der Waals surface area contributed by atoms with Gasteiger partial charge in [0.25, 0.3) is 0 Å². The Morgan fingerprint density at radius 2 is 0.796 bits per heavy atom. The molecular weight excluding hydrogens is 677 g/mol. The first-order valence-corrected chi connectivity index (χ1v) is 18.8. The summed E-state index contributed by atoms with van der Waals surface area (Å²) in [4.78, 5) is 49.7. The Hall–Kier alpha value is -6.12. The molecule has 1 saturated carbocycles. The van der Waals surface area contributed by atoms with E-state index in [0.717, 1.165) is 59.3 Å². The second kappa shape index (κ2) is 20.2. The van der Waals surface area contributed by atoms with E-state index in [9.17, 15) is 19.2 Å². The molecule has 2 N–H and O–H groups in total. The average molecular weight is 723 g/mol. The van der Waals surface area contributed by atoms with E-state index in [1.54, 1.807) is 48.5 Å². The Bertz CT molecular complexity index is 1860. The van der Waals surface area contributed by atoms with Gasteiger partial charge in [-0.05, 0) is 136 Å². The molecule has 0 atom stereocenters. The van der Waals surface area contributed by atoms with Crippen molar-refractivity contribution >= 4 is 35.1 Å². The van der Waals surface area contributed by atoms with Crippen molar-refractivity contribution in [1.29, 1.82) is 0 Å². The molecule has 276 valence electrons. The largest absolute Gasteiger partial charge is 0.426 e. The van der Waals surface area contributed by atoms with Crippen molar-refractivity contribution in [3.05, 3.63) is 119 Å². The molecule has 8 nitrogen and oxygen atoms in total. The van der Waals surface area contributed by atoms with Crippen LogP contribution in [-0.2, 0) is 19.2 Å². The first-order valence-electron chi connectivity index (χ1n) is 18.8. The molecule has 0 heterocycles. The van der Waals surface area contributed by atoms with E-state index in [-0.39, 0.29) is 35.6 Å². The quantitative estimate of drug-likeness (QED) is 0.0858. The summed E-state index contributed by atoms with van der Waals surface area (Å²) in [5, 5.41) is 5.79. The molecule has 1 aliphatic carbocycles. The summed E-state index contributed by atoms with van der Waals surface area (Å²) < 4.78 is 11.3. The first kappa shape index (κ1) is 39.1. The molecule has 5 rings (SSSR count). The Balaban J connectivity index is 1.02. The summed E-state index contributed by atoms with van der Waals surface area (Å²) in [6, 6.07) is 29.0. The highest BCUT2D eigenvalue weighted by atomic mass is 16.5. The second-order valence-corrected chi connectivity index (χ2v) is 13.4. The number of benzene rings is 4. The lowest BCUT2D eigenvalue weighted by molar-refractivity contribution is -0.145. The number of carbonyl (C=O) groups is 4. The predicted molar refractivity (Wildman–Crippen MR) is 211 cm³/mol. The van der Waals surface area contributed by atoms with E-state index >= 15 is 0 Å². The lowest BCUT2D eigenvalue weighted by Crippen LogP contribution is -2.30. The van der Waals surface area contributed by atoms with Crippen LogP contribution < -0.4 is 20.1 Å². The minimum absolute atomic E-state index is 0.0118. The third-order valence-corrected chi connectivity index (χ3v) is 9.09. The zero-order valence-corrected chi connectivity index (χ0v) is 30.9. The van der Waals surface area contributed by atoms with Crippen molar-refractivity contribution in [2.24, 2.45) is 11.8 Å². The van der Waals surface area contributed by atoms with Gasteiger partial charge in [-0.25, -0.2) is 0 Å². The van der Waals surface area contributed by atoms with Crippen molar-refractivity contribution < 1.29 is 28.7 Å². The predicted octanol–water partition coefficient (Wildman–Crippen LogP) is 9.06. The Morgan fingerprint density at radius 3 is 1.09 bits per heavy atom. The Morgan fingerprint density at radius 1 is 0.500 bits per heavy atom. The summed E-state index contributed by atoms with van der Waals surface area (Å²) in [6.07, 6.45) is 6.90. The van der Waals surface area contributed by atoms with Crippen molar-refractivity contribution in [1.82, 2.24) is 0 Å². The normalized spacial score (nSPS) is 14.6. The van der Waals surface area contributed by atoms with E-state index in [2.05, 4.69) is 48.2 Å². The van der Waals surface area contributed by atoms with Gasteiger partial charge in [-0.1, -0.05) is 50.4 Å². The Labute approximate surface area is 318 Å². The molecule has 4 aromatic carbocycles. The highest BCUT2D eigenvalue weighted by molar-refractivity contribution is 5.91. The van der Waals surface area contributed by atoms with Gasteiger partial charge in [-0.2, -0.15) is 0 Å². The second-order valence-electron chi connectivity index (χ2n) is 13.4. The fraction of sp³-hybridized carbons (Fsp3) is 0.304. The molecule has 0 spiro atoms. The first-order chi connectivity index (χ1) is 26.3. The standard InChI is InChI=1S/C46H46N2O6/c1-3-5-7-43(49)47-39-25-13-33(14-26-39)9-11-35-17-29-41(30-18-35)53-45(51)37-21-23-38(24-22-37)46(52)54-42-31-19-36(20-32-42)12-10-34-15-27-40(28-16-34)48-44(50)8-6-4-2/h13-20,25-32,37-38H,3-8,21-24H2,1-2H3,(H,47,49)(H,48,50)/t37-,38-. The molecule has 0 radical (unpaired) electrons. The molecule has 2 amide bonds. The number of anilines is 2. The van der Waals surface area contributed by atoms with Crippen LogP contribution in [0, 0.1) is 35.5 Å². The van der Waals surface area contributed by atoms with Gasteiger partial charge < -0.3 is 20.1 Å². The highest BCUT2D eigenvalue weighted by Crippen LogP contribution is 2.31.